The Kier molecular flexibility index (Phi) is 6.34. The average molecular weight is 432 g/mol. The largest absolute Gasteiger partial charge is 0.494 e. The Morgan fingerprint density at radius 1 is 1.06 bits per heavy atom. The van der Waals surface area contributed by atoms with Crippen LogP contribution in [0.5, 0.6) is 5.75 Å². The van der Waals surface area contributed by atoms with Crippen molar-refractivity contribution in [3.05, 3.63) is 101 Å². The van der Waals surface area contributed by atoms with Crippen LogP contribution in [0.25, 0.3) is 10.9 Å². The standard InChI is InChI=1S/C25H22ClN3O2/c1-2-31-21-13-11-18(12-14-21)25(30)28-27-15-20-17-29(24-10-6-4-8-22(20)24)16-19-7-3-5-9-23(19)26/h3-15,17H,2,16H2,1H3,(H,28,30)/b27-15+. The number of carbonyl (C=O) groups excluding carboxylic acids is 1. The number of nitrogens with zero attached hydrogens (tertiary/aromatic N) is 2. The van der Waals surface area contributed by atoms with Gasteiger partial charge in [0, 0.05) is 39.8 Å². The van der Waals surface area contributed by atoms with E-state index in [-0.39, 0.29) is 5.91 Å². The van der Waals surface area contributed by atoms with Gasteiger partial charge in [0.2, 0.25) is 0 Å². The Hall–Kier alpha value is -3.57. The van der Waals surface area contributed by atoms with Crippen molar-refractivity contribution >= 4 is 34.6 Å². The van der Waals surface area contributed by atoms with E-state index in [0.29, 0.717) is 18.7 Å². The molecule has 4 aromatic rings. The number of para-hydroxylation sites is 1. The summed E-state index contributed by atoms with van der Waals surface area (Å²) in [7, 11) is 0. The molecule has 0 saturated carbocycles. The van der Waals surface area contributed by atoms with Crippen molar-refractivity contribution in [3.8, 4) is 5.75 Å². The summed E-state index contributed by atoms with van der Waals surface area (Å²) in [4.78, 5) is 12.4. The fraction of sp³-hybridized carbons (Fsp3) is 0.120. The van der Waals surface area contributed by atoms with E-state index in [9.17, 15) is 4.79 Å². The van der Waals surface area contributed by atoms with Crippen molar-refractivity contribution in [1.82, 2.24) is 9.99 Å². The lowest BCUT2D eigenvalue weighted by Gasteiger charge is -2.07. The van der Waals surface area contributed by atoms with E-state index < -0.39 is 0 Å². The van der Waals surface area contributed by atoms with Gasteiger partial charge in [-0.2, -0.15) is 5.10 Å². The summed E-state index contributed by atoms with van der Waals surface area (Å²) in [5.74, 6) is 0.452. The van der Waals surface area contributed by atoms with Gasteiger partial charge in [-0.1, -0.05) is 48.0 Å². The highest BCUT2D eigenvalue weighted by atomic mass is 35.5. The quantitative estimate of drug-likeness (QED) is 0.310. The molecule has 5 nitrogen and oxygen atoms in total. The number of amides is 1. The van der Waals surface area contributed by atoms with Gasteiger partial charge in [0.15, 0.2) is 0 Å². The zero-order valence-electron chi connectivity index (χ0n) is 17.1. The molecule has 0 fully saturated rings. The first kappa shape index (κ1) is 20.7. The van der Waals surface area contributed by atoms with Crippen LogP contribution in [0, 0.1) is 0 Å². The van der Waals surface area contributed by atoms with E-state index in [2.05, 4.69) is 21.2 Å². The number of carbonyl (C=O) groups is 1. The van der Waals surface area contributed by atoms with E-state index in [1.165, 1.54) is 0 Å². The number of aromatic nitrogens is 1. The molecule has 0 atom stereocenters. The topological polar surface area (TPSA) is 55.6 Å². The summed E-state index contributed by atoms with van der Waals surface area (Å²) >= 11 is 6.34. The van der Waals surface area contributed by atoms with Crippen LogP contribution in [0.1, 0.15) is 28.4 Å². The minimum atomic E-state index is -0.279. The lowest BCUT2D eigenvalue weighted by molar-refractivity contribution is 0.0955. The summed E-state index contributed by atoms with van der Waals surface area (Å²) in [5.41, 5.74) is 6.13. The fourth-order valence-electron chi connectivity index (χ4n) is 3.41. The van der Waals surface area contributed by atoms with Crippen LogP contribution in [0.2, 0.25) is 5.02 Å². The summed E-state index contributed by atoms with van der Waals surface area (Å²) < 4.78 is 7.53. The average Bonchev–Trinajstić information content (AvgIpc) is 3.13. The van der Waals surface area contributed by atoms with Crippen LogP contribution in [0.3, 0.4) is 0 Å². The molecule has 156 valence electrons. The SMILES string of the molecule is CCOc1ccc(C(=O)N/N=C/c2cn(Cc3ccccc3Cl)c3ccccc23)cc1. The van der Waals surface area contributed by atoms with Crippen molar-refractivity contribution in [2.24, 2.45) is 5.10 Å². The number of hydrazone groups is 1. The van der Waals surface area contributed by atoms with Crippen molar-refractivity contribution in [3.63, 3.8) is 0 Å². The highest BCUT2D eigenvalue weighted by Crippen LogP contribution is 2.23. The molecule has 0 unspecified atom stereocenters. The maximum absolute atomic E-state index is 12.4. The third-order valence-corrected chi connectivity index (χ3v) is 5.28. The van der Waals surface area contributed by atoms with Crippen LogP contribution in [0.4, 0.5) is 0 Å². The second kappa shape index (κ2) is 9.49. The highest BCUT2D eigenvalue weighted by Gasteiger charge is 2.09. The van der Waals surface area contributed by atoms with Crippen LogP contribution >= 0.6 is 11.6 Å². The Balaban J connectivity index is 1.52. The number of rotatable bonds is 7. The number of hydrogen-bond acceptors (Lipinski definition) is 3. The molecule has 1 aromatic heterocycles. The Bertz CT molecular complexity index is 1230. The van der Waals surface area contributed by atoms with Crippen LogP contribution in [0.15, 0.2) is 84.1 Å². The van der Waals surface area contributed by atoms with Gasteiger partial charge in [0.05, 0.1) is 12.8 Å². The first-order chi connectivity index (χ1) is 15.2. The highest BCUT2D eigenvalue weighted by molar-refractivity contribution is 6.31. The molecule has 6 heteroatoms. The molecule has 0 aliphatic rings. The maximum Gasteiger partial charge on any atom is 0.271 e. The van der Waals surface area contributed by atoms with Crippen molar-refractivity contribution < 1.29 is 9.53 Å². The first-order valence-electron chi connectivity index (χ1n) is 10.0. The molecule has 0 bridgehead atoms. The van der Waals surface area contributed by atoms with Crippen LogP contribution in [-0.4, -0.2) is 23.3 Å². The number of ether oxygens (including phenoxy) is 1. The molecule has 0 saturated heterocycles. The molecule has 0 spiro atoms. The lowest BCUT2D eigenvalue weighted by atomic mass is 10.2. The summed E-state index contributed by atoms with van der Waals surface area (Å²) in [6.07, 6.45) is 3.68. The molecular weight excluding hydrogens is 410 g/mol. The molecule has 4 rings (SSSR count). The Labute approximate surface area is 185 Å². The van der Waals surface area contributed by atoms with E-state index in [1.54, 1.807) is 30.5 Å². The van der Waals surface area contributed by atoms with Crippen molar-refractivity contribution in [2.75, 3.05) is 6.61 Å². The molecule has 1 N–H and O–H groups in total. The van der Waals surface area contributed by atoms with Gasteiger partial charge < -0.3 is 9.30 Å². The predicted molar refractivity (Wildman–Crippen MR) is 125 cm³/mol. The molecule has 31 heavy (non-hydrogen) atoms. The van der Waals surface area contributed by atoms with E-state index in [4.69, 9.17) is 16.3 Å². The van der Waals surface area contributed by atoms with E-state index >= 15 is 0 Å². The van der Waals surface area contributed by atoms with E-state index in [0.717, 1.165) is 32.8 Å². The zero-order valence-corrected chi connectivity index (χ0v) is 17.8. The zero-order chi connectivity index (χ0) is 21.6. The third kappa shape index (κ3) is 4.78. The van der Waals surface area contributed by atoms with Crippen LogP contribution < -0.4 is 10.2 Å². The van der Waals surface area contributed by atoms with Crippen molar-refractivity contribution in [2.45, 2.75) is 13.5 Å². The molecule has 0 aliphatic heterocycles. The molecule has 1 amide bonds. The second-order valence-electron chi connectivity index (χ2n) is 6.98. The minimum absolute atomic E-state index is 0.279. The number of halogens is 1. The van der Waals surface area contributed by atoms with Gasteiger partial charge in [0.25, 0.3) is 5.91 Å². The predicted octanol–water partition coefficient (Wildman–Crippen LogP) is 5.51. The second-order valence-corrected chi connectivity index (χ2v) is 7.38. The normalized spacial score (nSPS) is 11.2. The summed E-state index contributed by atoms with van der Waals surface area (Å²) in [5, 5.41) is 5.95. The summed E-state index contributed by atoms with van der Waals surface area (Å²) in [6.45, 7) is 3.15. The van der Waals surface area contributed by atoms with E-state index in [1.807, 2.05) is 55.6 Å². The first-order valence-corrected chi connectivity index (χ1v) is 10.4. The molecule has 0 radical (unpaired) electrons. The number of fused-ring (bicyclic) bond motifs is 1. The van der Waals surface area contributed by atoms with Gasteiger partial charge in [-0.05, 0) is 48.9 Å². The van der Waals surface area contributed by atoms with Gasteiger partial charge in [0.1, 0.15) is 5.75 Å². The van der Waals surface area contributed by atoms with Gasteiger partial charge in [-0.3, -0.25) is 4.79 Å². The molecular formula is C25H22ClN3O2. The molecule has 1 heterocycles. The van der Waals surface area contributed by atoms with Gasteiger partial charge in [-0.15, -0.1) is 0 Å². The summed E-state index contributed by atoms with van der Waals surface area (Å²) in [6, 6.07) is 22.8. The van der Waals surface area contributed by atoms with Gasteiger partial charge in [-0.25, -0.2) is 5.43 Å². The Morgan fingerprint density at radius 2 is 1.81 bits per heavy atom. The Morgan fingerprint density at radius 3 is 2.58 bits per heavy atom. The lowest BCUT2D eigenvalue weighted by Crippen LogP contribution is -2.17. The number of nitrogens with one attached hydrogen (secondary N) is 1. The van der Waals surface area contributed by atoms with Crippen LogP contribution in [-0.2, 0) is 6.54 Å². The monoisotopic (exact) mass is 431 g/mol. The van der Waals surface area contributed by atoms with Gasteiger partial charge >= 0.3 is 0 Å². The number of benzene rings is 3. The molecule has 3 aromatic carbocycles. The smallest absolute Gasteiger partial charge is 0.271 e. The van der Waals surface area contributed by atoms with Crippen molar-refractivity contribution in [1.29, 1.82) is 0 Å². The maximum atomic E-state index is 12.4. The number of hydrogen-bond donors (Lipinski definition) is 1. The third-order valence-electron chi connectivity index (χ3n) is 4.92. The fourth-order valence-corrected chi connectivity index (χ4v) is 3.61. The minimum Gasteiger partial charge on any atom is -0.494 e. The molecule has 0 aliphatic carbocycles.